The Hall–Kier alpha value is -3.06. The van der Waals surface area contributed by atoms with Crippen molar-refractivity contribution < 1.29 is 23.9 Å². The lowest BCUT2D eigenvalue weighted by atomic mass is 9.92. The number of carbonyl (C=O) groups is 3. The topological polar surface area (TPSA) is 76.2 Å². The first-order valence-corrected chi connectivity index (χ1v) is 12.8. The Labute approximate surface area is 217 Å². The number of halogens is 1. The highest BCUT2D eigenvalue weighted by molar-refractivity contribution is 6.30. The zero-order valence-corrected chi connectivity index (χ0v) is 21.8. The van der Waals surface area contributed by atoms with Crippen LogP contribution in [-0.2, 0) is 14.3 Å². The Morgan fingerprint density at radius 3 is 1.97 bits per heavy atom. The molecule has 36 heavy (non-hydrogen) atoms. The van der Waals surface area contributed by atoms with Gasteiger partial charge in [-0.15, -0.1) is 0 Å². The zero-order chi connectivity index (χ0) is 25.9. The molecule has 1 aliphatic heterocycles. The minimum absolute atomic E-state index is 0.0130. The van der Waals surface area contributed by atoms with Gasteiger partial charge in [-0.3, -0.25) is 9.59 Å². The molecule has 1 saturated carbocycles. The van der Waals surface area contributed by atoms with Crippen molar-refractivity contribution in [2.24, 2.45) is 11.8 Å². The smallest absolute Gasteiger partial charge is 0.410 e. The Morgan fingerprint density at radius 2 is 1.44 bits per heavy atom. The molecule has 4 rings (SSSR count). The third kappa shape index (κ3) is 7.00. The highest BCUT2D eigenvalue weighted by atomic mass is 35.5. The number of carbonyl (C=O) groups excluding carboxylic acids is 3. The second-order valence-electron chi connectivity index (χ2n) is 10.5. The van der Waals surface area contributed by atoms with E-state index in [0.29, 0.717) is 48.1 Å². The summed E-state index contributed by atoms with van der Waals surface area (Å²) < 4.78 is 11.3. The Morgan fingerprint density at radius 1 is 0.889 bits per heavy atom. The summed E-state index contributed by atoms with van der Waals surface area (Å²) >= 11 is 5.93. The molecule has 0 radical (unpaired) electrons. The molecule has 0 N–H and O–H groups in total. The number of anilines is 1. The minimum Gasteiger partial charge on any atom is -0.457 e. The summed E-state index contributed by atoms with van der Waals surface area (Å²) in [6.07, 6.45) is 2.50. The van der Waals surface area contributed by atoms with Gasteiger partial charge < -0.3 is 19.3 Å². The normalized spacial score (nSPS) is 16.4. The first-order chi connectivity index (χ1) is 17.1. The van der Waals surface area contributed by atoms with E-state index in [-0.39, 0.29) is 36.2 Å². The fourth-order valence-electron chi connectivity index (χ4n) is 4.18. The minimum atomic E-state index is -0.553. The van der Waals surface area contributed by atoms with Crippen molar-refractivity contribution >= 4 is 35.1 Å². The van der Waals surface area contributed by atoms with Gasteiger partial charge in [-0.25, -0.2) is 4.79 Å². The molecule has 0 aromatic heterocycles. The first kappa shape index (κ1) is 26.0. The maximum Gasteiger partial charge on any atom is 0.410 e. The van der Waals surface area contributed by atoms with Crippen LogP contribution in [0.3, 0.4) is 0 Å². The molecule has 1 heterocycles. The van der Waals surface area contributed by atoms with Crippen LogP contribution in [0.5, 0.6) is 11.5 Å². The number of piperidine rings is 1. The number of benzene rings is 2. The van der Waals surface area contributed by atoms with Crippen molar-refractivity contribution in [3.8, 4) is 11.5 Å². The quantitative estimate of drug-likeness (QED) is 0.448. The van der Waals surface area contributed by atoms with Crippen LogP contribution < -0.4 is 9.64 Å². The lowest BCUT2D eigenvalue weighted by molar-refractivity contribution is -0.126. The molecule has 2 fully saturated rings. The number of hydrogen-bond donors (Lipinski definition) is 0. The Balaban J connectivity index is 1.38. The monoisotopic (exact) mass is 512 g/mol. The molecular weight excluding hydrogens is 480 g/mol. The lowest BCUT2D eigenvalue weighted by Crippen LogP contribution is -2.45. The third-order valence-electron chi connectivity index (χ3n) is 6.31. The van der Waals surface area contributed by atoms with E-state index in [2.05, 4.69) is 0 Å². The second-order valence-corrected chi connectivity index (χ2v) is 10.9. The lowest BCUT2D eigenvalue weighted by Gasteiger charge is -2.33. The number of Topliss-reactive ketones (excluding diaryl/α,β-unsaturated/α-hetero) is 1. The number of nitrogens with zero attached hydrogens (tertiary/aromatic N) is 2. The number of ether oxygens (including phenoxy) is 2. The summed E-state index contributed by atoms with van der Waals surface area (Å²) in [5.41, 5.74) is 0.123. The first-order valence-electron chi connectivity index (χ1n) is 12.4. The van der Waals surface area contributed by atoms with Crippen molar-refractivity contribution in [3.05, 3.63) is 53.6 Å². The molecule has 1 aliphatic carbocycles. The fourth-order valence-corrected chi connectivity index (χ4v) is 4.30. The number of amides is 2. The molecule has 0 unspecified atom stereocenters. The second kappa shape index (κ2) is 10.9. The summed E-state index contributed by atoms with van der Waals surface area (Å²) in [6.45, 7) is 6.48. The summed E-state index contributed by atoms with van der Waals surface area (Å²) in [5.74, 6) is 1.09. The van der Waals surface area contributed by atoms with E-state index in [9.17, 15) is 14.4 Å². The van der Waals surface area contributed by atoms with Crippen LogP contribution in [0.4, 0.5) is 10.5 Å². The molecule has 192 valence electrons. The van der Waals surface area contributed by atoms with E-state index in [1.807, 2.05) is 32.9 Å². The average molecular weight is 513 g/mol. The van der Waals surface area contributed by atoms with Crippen LogP contribution in [0, 0.1) is 11.8 Å². The molecule has 2 amide bonds. The van der Waals surface area contributed by atoms with Crippen molar-refractivity contribution in [2.45, 2.75) is 52.1 Å². The maximum atomic E-state index is 13.2. The van der Waals surface area contributed by atoms with Crippen LogP contribution >= 0.6 is 11.6 Å². The Kier molecular flexibility index (Phi) is 7.88. The summed E-state index contributed by atoms with van der Waals surface area (Å²) in [6, 6.07) is 14.3. The molecule has 2 aromatic carbocycles. The van der Waals surface area contributed by atoms with E-state index >= 15 is 0 Å². The third-order valence-corrected chi connectivity index (χ3v) is 6.56. The average Bonchev–Trinajstić information content (AvgIpc) is 3.69. The molecule has 0 bridgehead atoms. The number of rotatable bonds is 7. The van der Waals surface area contributed by atoms with Crippen molar-refractivity contribution in [3.63, 3.8) is 0 Å². The molecule has 0 atom stereocenters. The molecule has 2 aromatic rings. The van der Waals surface area contributed by atoms with Gasteiger partial charge in [0.05, 0.1) is 6.54 Å². The zero-order valence-electron chi connectivity index (χ0n) is 21.0. The van der Waals surface area contributed by atoms with Gasteiger partial charge in [-0.1, -0.05) is 11.6 Å². The number of hydrogen-bond acceptors (Lipinski definition) is 5. The molecule has 1 saturated heterocycles. The van der Waals surface area contributed by atoms with Gasteiger partial charge in [-0.05, 0) is 95.0 Å². The van der Waals surface area contributed by atoms with Crippen molar-refractivity contribution in [1.82, 2.24) is 4.90 Å². The van der Waals surface area contributed by atoms with Crippen LogP contribution in [0.2, 0.25) is 5.02 Å². The molecule has 7 nitrogen and oxygen atoms in total. The van der Waals surface area contributed by atoms with E-state index < -0.39 is 5.60 Å². The molecule has 2 aliphatic rings. The van der Waals surface area contributed by atoms with Crippen LogP contribution in [0.15, 0.2) is 48.5 Å². The van der Waals surface area contributed by atoms with Gasteiger partial charge in [0.1, 0.15) is 17.1 Å². The van der Waals surface area contributed by atoms with Crippen molar-refractivity contribution in [2.75, 3.05) is 24.5 Å². The van der Waals surface area contributed by atoms with Gasteiger partial charge in [0.15, 0.2) is 5.78 Å². The number of likely N-dealkylation sites (tertiary alicyclic amines) is 1. The highest BCUT2D eigenvalue weighted by Gasteiger charge is 2.36. The highest BCUT2D eigenvalue weighted by Crippen LogP contribution is 2.34. The fraction of sp³-hybridized carbons (Fsp3) is 0.464. The molecule has 8 heteroatoms. The van der Waals surface area contributed by atoms with Gasteiger partial charge >= 0.3 is 6.09 Å². The van der Waals surface area contributed by atoms with E-state index in [1.165, 1.54) is 0 Å². The predicted molar refractivity (Wildman–Crippen MR) is 139 cm³/mol. The molecule has 0 spiro atoms. The summed E-state index contributed by atoms with van der Waals surface area (Å²) in [7, 11) is 0. The van der Waals surface area contributed by atoms with Gasteiger partial charge in [-0.2, -0.15) is 0 Å². The molecular formula is C28H33ClN2O5. The van der Waals surface area contributed by atoms with Crippen LogP contribution in [0.1, 0.15) is 46.5 Å². The largest absolute Gasteiger partial charge is 0.457 e. The predicted octanol–water partition coefficient (Wildman–Crippen LogP) is 6.09. The standard InChI is InChI=1S/C28H33ClN2O5/c1-28(2,3)36-27(34)30-16-14-19(15-17-30)25(32)18-31(26(33)20-4-5-20)22-8-12-24(13-9-22)35-23-10-6-21(29)7-11-23/h6-13,19-20H,4-5,14-18H2,1-3H3. The van der Waals surface area contributed by atoms with Gasteiger partial charge in [0.25, 0.3) is 0 Å². The van der Waals surface area contributed by atoms with Crippen molar-refractivity contribution in [1.29, 1.82) is 0 Å². The Bertz CT molecular complexity index is 1080. The van der Waals surface area contributed by atoms with Crippen LogP contribution in [0.25, 0.3) is 0 Å². The van der Waals surface area contributed by atoms with E-state index in [1.54, 1.807) is 46.2 Å². The van der Waals surface area contributed by atoms with Gasteiger partial charge in [0.2, 0.25) is 5.91 Å². The summed E-state index contributed by atoms with van der Waals surface area (Å²) in [4.78, 5) is 41.9. The van der Waals surface area contributed by atoms with E-state index in [4.69, 9.17) is 21.1 Å². The maximum absolute atomic E-state index is 13.2. The van der Waals surface area contributed by atoms with E-state index in [0.717, 1.165) is 12.8 Å². The summed E-state index contributed by atoms with van der Waals surface area (Å²) in [5, 5.41) is 0.632. The SMILES string of the molecule is CC(C)(C)OC(=O)N1CCC(C(=O)CN(C(=O)C2CC2)c2ccc(Oc3ccc(Cl)cc3)cc2)CC1. The van der Waals surface area contributed by atoms with Gasteiger partial charge in [0, 0.05) is 35.6 Å². The van der Waals surface area contributed by atoms with Crippen LogP contribution in [-0.4, -0.2) is 47.9 Å². The number of ketones is 1.